The van der Waals surface area contributed by atoms with Crippen LogP contribution in [0.15, 0.2) is 11.1 Å². The summed E-state index contributed by atoms with van der Waals surface area (Å²) in [4.78, 5) is 24.0. The van der Waals surface area contributed by atoms with Crippen molar-refractivity contribution in [3.05, 3.63) is 11.1 Å². The molecule has 5 aliphatic carbocycles. The molecule has 4 saturated carbocycles. The number of allylic oxidation sites excluding steroid dienone is 1. The van der Waals surface area contributed by atoms with Crippen molar-refractivity contribution in [3.8, 4) is 0 Å². The third-order valence-corrected chi connectivity index (χ3v) is 10.4. The summed E-state index contributed by atoms with van der Waals surface area (Å²) in [6.07, 6.45) is 6.90. The zero-order chi connectivity index (χ0) is 20.4. The number of hydrogen-bond donors (Lipinski definition) is 1. The van der Waals surface area contributed by atoms with Gasteiger partial charge < -0.3 is 14.6 Å². The van der Waals surface area contributed by atoms with Gasteiger partial charge in [-0.2, -0.15) is 0 Å². The summed E-state index contributed by atoms with van der Waals surface area (Å²) in [5.74, 6) is 1.56. The Morgan fingerprint density at radius 2 is 2.10 bits per heavy atom. The van der Waals surface area contributed by atoms with Gasteiger partial charge in [0.05, 0.1) is 18.8 Å². The van der Waals surface area contributed by atoms with Gasteiger partial charge in [-0.25, -0.2) is 0 Å². The number of esters is 1. The van der Waals surface area contributed by atoms with Gasteiger partial charge in [-0.05, 0) is 50.4 Å². The average molecular weight is 401 g/mol. The van der Waals surface area contributed by atoms with Crippen LogP contribution in [0.25, 0.3) is 0 Å². The summed E-state index contributed by atoms with van der Waals surface area (Å²) < 4.78 is 11.5. The molecule has 0 unspecified atom stereocenters. The molecular formula is C24H32O5. The summed E-state index contributed by atoms with van der Waals surface area (Å²) in [5, 5.41) is 11.7. The number of aliphatic hydroxyl groups is 1. The molecule has 0 aromatic heterocycles. The molecule has 0 aromatic carbocycles. The summed E-state index contributed by atoms with van der Waals surface area (Å²) in [6.45, 7) is 4.62. The van der Waals surface area contributed by atoms with Crippen molar-refractivity contribution in [2.45, 2.75) is 88.9 Å². The SMILES string of the molecule is COC(=O)CC[C@]1(O)CC[C@H]2[C@@H]3[C@H]4CC4=C4CC(=O)CC[C@]4(C)[C@]34O[C@@H]4C[C@@]21C. The van der Waals surface area contributed by atoms with E-state index in [9.17, 15) is 14.7 Å². The molecule has 1 spiro atoms. The standard InChI is InChI=1S/C24H32O5/c1-21-7-4-13(25)10-17(21)14-11-15(14)20-16-5-8-23(27,9-6-19(26)28-3)22(16,2)12-18-24(20,21)29-18/h15-16,18,20,27H,4-12H2,1-3H3/t15-,16-,18+,20-,21-,22-,23+,24+/m0/s1. The van der Waals surface area contributed by atoms with Gasteiger partial charge in [0.2, 0.25) is 0 Å². The van der Waals surface area contributed by atoms with Gasteiger partial charge in [-0.15, -0.1) is 0 Å². The zero-order valence-electron chi connectivity index (χ0n) is 17.8. The van der Waals surface area contributed by atoms with Gasteiger partial charge in [0.15, 0.2) is 0 Å². The van der Waals surface area contributed by atoms with E-state index < -0.39 is 5.60 Å². The van der Waals surface area contributed by atoms with Gasteiger partial charge in [0, 0.05) is 36.0 Å². The molecule has 6 aliphatic rings. The maximum atomic E-state index is 12.2. The highest BCUT2D eigenvalue weighted by molar-refractivity contribution is 5.84. The molecule has 158 valence electrons. The molecule has 1 saturated heterocycles. The summed E-state index contributed by atoms with van der Waals surface area (Å²) in [5.41, 5.74) is 1.78. The van der Waals surface area contributed by atoms with E-state index in [-0.39, 0.29) is 34.9 Å². The minimum Gasteiger partial charge on any atom is -0.469 e. The van der Waals surface area contributed by atoms with Gasteiger partial charge in [-0.1, -0.05) is 25.0 Å². The molecule has 0 radical (unpaired) electrons. The predicted molar refractivity (Wildman–Crippen MR) is 105 cm³/mol. The first kappa shape index (κ1) is 18.6. The van der Waals surface area contributed by atoms with Crippen LogP contribution in [0.1, 0.15) is 71.6 Å². The Labute approximate surface area is 172 Å². The molecule has 1 aliphatic heterocycles. The lowest BCUT2D eigenvalue weighted by molar-refractivity contribution is -0.146. The number of ether oxygens (including phenoxy) is 2. The number of fused-ring (bicyclic) bond motifs is 5. The monoisotopic (exact) mass is 400 g/mol. The number of methoxy groups -OCH3 is 1. The highest BCUT2D eigenvalue weighted by atomic mass is 16.6. The molecule has 1 N–H and O–H groups in total. The van der Waals surface area contributed by atoms with Crippen LogP contribution in [0.4, 0.5) is 0 Å². The minimum absolute atomic E-state index is 0.00731. The normalized spacial score (nSPS) is 54.0. The van der Waals surface area contributed by atoms with Crippen LogP contribution in [0.2, 0.25) is 0 Å². The highest BCUT2D eigenvalue weighted by Gasteiger charge is 2.83. The van der Waals surface area contributed by atoms with Gasteiger partial charge in [-0.3, -0.25) is 9.59 Å². The fourth-order valence-corrected chi connectivity index (χ4v) is 8.68. The lowest BCUT2D eigenvalue weighted by Gasteiger charge is -2.56. The lowest BCUT2D eigenvalue weighted by atomic mass is 9.46. The molecule has 29 heavy (non-hydrogen) atoms. The maximum Gasteiger partial charge on any atom is 0.305 e. The molecule has 5 heteroatoms. The molecule has 8 atom stereocenters. The number of carbonyl (C=O) groups is 2. The lowest BCUT2D eigenvalue weighted by Crippen LogP contribution is -2.60. The number of ketones is 1. The number of hydrogen-bond acceptors (Lipinski definition) is 5. The molecule has 0 aromatic rings. The quantitative estimate of drug-likeness (QED) is 0.447. The summed E-state index contributed by atoms with van der Waals surface area (Å²) >= 11 is 0. The topological polar surface area (TPSA) is 76.1 Å². The van der Waals surface area contributed by atoms with E-state index >= 15 is 0 Å². The smallest absolute Gasteiger partial charge is 0.305 e. The average Bonchev–Trinajstić information content (AvgIpc) is 3.58. The van der Waals surface area contributed by atoms with E-state index in [1.165, 1.54) is 12.7 Å². The fraction of sp³-hybridized carbons (Fsp3) is 0.833. The Balaban J connectivity index is 1.38. The van der Waals surface area contributed by atoms with Crippen LogP contribution in [0.5, 0.6) is 0 Å². The second kappa shape index (κ2) is 5.34. The third kappa shape index (κ3) is 2.00. The van der Waals surface area contributed by atoms with E-state index in [4.69, 9.17) is 9.47 Å². The van der Waals surface area contributed by atoms with Gasteiger partial charge in [0.25, 0.3) is 0 Å². The van der Waals surface area contributed by atoms with Crippen molar-refractivity contribution in [2.24, 2.45) is 28.6 Å². The van der Waals surface area contributed by atoms with Crippen LogP contribution in [0.3, 0.4) is 0 Å². The van der Waals surface area contributed by atoms with Gasteiger partial charge >= 0.3 is 5.97 Å². The van der Waals surface area contributed by atoms with E-state index in [1.807, 2.05) is 0 Å². The zero-order valence-corrected chi connectivity index (χ0v) is 17.8. The second-order valence-corrected chi connectivity index (χ2v) is 11.2. The van der Waals surface area contributed by atoms with Crippen LogP contribution in [0, 0.1) is 28.6 Å². The molecular weight excluding hydrogens is 368 g/mol. The van der Waals surface area contributed by atoms with E-state index in [1.54, 1.807) is 5.57 Å². The first-order valence-electron chi connectivity index (χ1n) is 11.4. The second-order valence-electron chi connectivity index (χ2n) is 11.2. The number of carbonyl (C=O) groups excluding carboxylic acids is 2. The Morgan fingerprint density at radius 3 is 2.86 bits per heavy atom. The van der Waals surface area contributed by atoms with Crippen molar-refractivity contribution in [1.82, 2.24) is 0 Å². The fourth-order valence-electron chi connectivity index (χ4n) is 8.68. The predicted octanol–water partition coefficient (Wildman–Crippen LogP) is 3.33. The van der Waals surface area contributed by atoms with Crippen LogP contribution in [-0.2, 0) is 19.1 Å². The first-order valence-corrected chi connectivity index (χ1v) is 11.4. The van der Waals surface area contributed by atoms with Crippen LogP contribution in [-0.4, -0.2) is 41.3 Å². The highest BCUT2D eigenvalue weighted by Crippen LogP contribution is 2.81. The number of epoxide rings is 1. The molecule has 5 fully saturated rings. The molecule has 1 heterocycles. The Kier molecular flexibility index (Phi) is 3.42. The molecule has 0 bridgehead atoms. The largest absolute Gasteiger partial charge is 0.469 e. The van der Waals surface area contributed by atoms with Crippen LogP contribution >= 0.6 is 0 Å². The number of Topliss-reactive ketones (excluding diaryl/α,β-unsaturated/α-hetero) is 1. The summed E-state index contributed by atoms with van der Waals surface area (Å²) in [6, 6.07) is 0. The summed E-state index contributed by atoms with van der Waals surface area (Å²) in [7, 11) is 1.41. The Hall–Kier alpha value is -1.20. The number of rotatable bonds is 3. The van der Waals surface area contributed by atoms with E-state index in [0.717, 1.165) is 32.1 Å². The van der Waals surface area contributed by atoms with E-state index in [2.05, 4.69) is 13.8 Å². The van der Waals surface area contributed by atoms with Crippen molar-refractivity contribution in [3.63, 3.8) is 0 Å². The maximum absolute atomic E-state index is 12.2. The van der Waals surface area contributed by atoms with Crippen molar-refractivity contribution in [2.75, 3.05) is 7.11 Å². The van der Waals surface area contributed by atoms with Crippen LogP contribution < -0.4 is 0 Å². The Morgan fingerprint density at radius 1 is 1.31 bits per heavy atom. The molecule has 6 rings (SSSR count). The van der Waals surface area contributed by atoms with Crippen molar-refractivity contribution in [1.29, 1.82) is 0 Å². The first-order chi connectivity index (χ1) is 13.7. The minimum atomic E-state index is -0.827. The van der Waals surface area contributed by atoms with Crippen molar-refractivity contribution >= 4 is 11.8 Å². The molecule has 5 nitrogen and oxygen atoms in total. The third-order valence-electron chi connectivity index (χ3n) is 10.4. The van der Waals surface area contributed by atoms with E-state index in [0.29, 0.717) is 42.8 Å². The molecule has 0 amide bonds. The van der Waals surface area contributed by atoms with Gasteiger partial charge in [0.1, 0.15) is 11.4 Å². The van der Waals surface area contributed by atoms with Crippen molar-refractivity contribution < 1.29 is 24.2 Å². The Bertz CT molecular complexity index is 861.